The zero-order valence-electron chi connectivity index (χ0n) is 12.9. The average Bonchev–Trinajstić information content (AvgIpc) is 2.56. The highest BCUT2D eigenvalue weighted by atomic mass is 16.5. The van der Waals surface area contributed by atoms with E-state index in [-0.39, 0.29) is 23.5 Å². The molecule has 0 saturated heterocycles. The highest BCUT2D eigenvalue weighted by Gasteiger charge is 2.28. The van der Waals surface area contributed by atoms with E-state index in [1.165, 1.54) is 6.07 Å². The molecule has 120 valence electrons. The minimum absolute atomic E-state index is 0.00860. The number of hydrogen-bond acceptors (Lipinski definition) is 3. The fourth-order valence-corrected chi connectivity index (χ4v) is 3.31. The standard InChI is InChI=1S/C19H21NO3/c21-17-10-11-18(19(22)12-17)15-6-8-16(9-7-15)20(23)13-14-4-2-1-3-5-14/h1-5,10-13,15-16,21-22H,6-9H2/b20-13-/t15-,16-. The van der Waals surface area contributed by atoms with Gasteiger partial charge < -0.3 is 15.4 Å². The number of benzene rings is 2. The van der Waals surface area contributed by atoms with Gasteiger partial charge in [-0.25, -0.2) is 4.74 Å². The monoisotopic (exact) mass is 311 g/mol. The van der Waals surface area contributed by atoms with Crippen LogP contribution in [0.3, 0.4) is 0 Å². The summed E-state index contributed by atoms with van der Waals surface area (Å²) in [5, 5.41) is 31.7. The Bertz CT molecular complexity index is 689. The van der Waals surface area contributed by atoms with Crippen LogP contribution in [0.1, 0.15) is 42.7 Å². The van der Waals surface area contributed by atoms with Gasteiger partial charge in [-0.3, -0.25) is 0 Å². The van der Waals surface area contributed by atoms with Gasteiger partial charge in [-0.1, -0.05) is 24.3 Å². The van der Waals surface area contributed by atoms with Gasteiger partial charge in [0.15, 0.2) is 12.3 Å². The van der Waals surface area contributed by atoms with Crippen molar-refractivity contribution in [1.82, 2.24) is 0 Å². The first kappa shape index (κ1) is 15.4. The summed E-state index contributed by atoms with van der Waals surface area (Å²) in [6.45, 7) is 0. The molecule has 0 unspecified atom stereocenters. The van der Waals surface area contributed by atoms with Crippen molar-refractivity contribution in [2.75, 3.05) is 0 Å². The Morgan fingerprint density at radius 2 is 1.65 bits per heavy atom. The molecule has 2 aromatic carbocycles. The van der Waals surface area contributed by atoms with Crippen molar-refractivity contribution in [3.8, 4) is 11.5 Å². The molecule has 1 aliphatic rings. The minimum atomic E-state index is -0.00860. The second kappa shape index (κ2) is 6.73. The lowest BCUT2D eigenvalue weighted by Gasteiger charge is -2.28. The second-order valence-electron chi connectivity index (χ2n) is 6.15. The Morgan fingerprint density at radius 1 is 0.957 bits per heavy atom. The fourth-order valence-electron chi connectivity index (χ4n) is 3.31. The Morgan fingerprint density at radius 3 is 2.30 bits per heavy atom. The zero-order chi connectivity index (χ0) is 16.2. The Kier molecular flexibility index (Phi) is 4.51. The van der Waals surface area contributed by atoms with Gasteiger partial charge in [0.1, 0.15) is 11.5 Å². The molecule has 23 heavy (non-hydrogen) atoms. The number of phenols is 2. The summed E-state index contributed by atoms with van der Waals surface area (Å²) in [5.74, 6) is 0.461. The Hall–Kier alpha value is -2.49. The summed E-state index contributed by atoms with van der Waals surface area (Å²) in [7, 11) is 0. The molecule has 1 saturated carbocycles. The van der Waals surface area contributed by atoms with E-state index in [1.54, 1.807) is 18.3 Å². The summed E-state index contributed by atoms with van der Waals surface area (Å²) in [4.78, 5) is 0. The predicted octanol–water partition coefficient (Wildman–Crippen LogP) is 3.75. The molecule has 1 aliphatic carbocycles. The molecule has 2 N–H and O–H groups in total. The van der Waals surface area contributed by atoms with E-state index in [0.29, 0.717) is 0 Å². The molecule has 0 spiro atoms. The van der Waals surface area contributed by atoms with E-state index in [4.69, 9.17) is 0 Å². The van der Waals surface area contributed by atoms with Crippen molar-refractivity contribution in [2.24, 2.45) is 0 Å². The summed E-state index contributed by atoms with van der Waals surface area (Å²) < 4.78 is 1.07. The quantitative estimate of drug-likeness (QED) is 0.392. The van der Waals surface area contributed by atoms with Gasteiger partial charge in [0.2, 0.25) is 0 Å². The second-order valence-corrected chi connectivity index (χ2v) is 6.15. The van der Waals surface area contributed by atoms with E-state index in [1.807, 2.05) is 30.3 Å². The first-order valence-corrected chi connectivity index (χ1v) is 8.01. The Labute approximate surface area is 135 Å². The normalized spacial score (nSPS) is 22.0. The van der Waals surface area contributed by atoms with Crippen LogP contribution in [0.15, 0.2) is 48.5 Å². The number of nitrogens with zero attached hydrogens (tertiary/aromatic N) is 1. The van der Waals surface area contributed by atoms with Crippen LogP contribution in [-0.4, -0.2) is 27.2 Å². The van der Waals surface area contributed by atoms with Crippen LogP contribution >= 0.6 is 0 Å². The molecular formula is C19H21NO3. The molecule has 0 aliphatic heterocycles. The molecule has 0 amide bonds. The van der Waals surface area contributed by atoms with Crippen molar-refractivity contribution < 1.29 is 15.0 Å². The van der Waals surface area contributed by atoms with E-state index >= 15 is 0 Å². The molecule has 3 rings (SSSR count). The van der Waals surface area contributed by atoms with Crippen LogP contribution in [-0.2, 0) is 0 Å². The maximum Gasteiger partial charge on any atom is 0.182 e. The fraction of sp³-hybridized carbons (Fsp3) is 0.316. The molecule has 0 bridgehead atoms. The van der Waals surface area contributed by atoms with Gasteiger partial charge >= 0.3 is 0 Å². The largest absolute Gasteiger partial charge is 0.624 e. The third-order valence-corrected chi connectivity index (χ3v) is 4.59. The van der Waals surface area contributed by atoms with Crippen LogP contribution in [0.25, 0.3) is 0 Å². The highest BCUT2D eigenvalue weighted by Crippen LogP contribution is 2.38. The van der Waals surface area contributed by atoms with Gasteiger partial charge in [0.05, 0.1) is 0 Å². The van der Waals surface area contributed by atoms with Crippen LogP contribution < -0.4 is 0 Å². The lowest BCUT2D eigenvalue weighted by molar-refractivity contribution is -0.501. The molecule has 0 heterocycles. The van der Waals surface area contributed by atoms with Gasteiger partial charge in [0.25, 0.3) is 0 Å². The Balaban J connectivity index is 1.65. The molecular weight excluding hydrogens is 290 g/mol. The van der Waals surface area contributed by atoms with Crippen LogP contribution in [0.5, 0.6) is 11.5 Å². The SMILES string of the molecule is [O-]/[N+](=C\c1ccccc1)[C@H]1CC[C@H](c2ccc(O)cc2O)CC1. The zero-order valence-corrected chi connectivity index (χ0v) is 12.9. The highest BCUT2D eigenvalue weighted by molar-refractivity contribution is 5.75. The maximum atomic E-state index is 12.3. The van der Waals surface area contributed by atoms with E-state index in [9.17, 15) is 15.4 Å². The number of phenolic OH excluding ortho intramolecular Hbond substituents is 2. The predicted molar refractivity (Wildman–Crippen MR) is 90.0 cm³/mol. The van der Waals surface area contributed by atoms with E-state index in [0.717, 1.165) is 41.5 Å². The molecule has 0 radical (unpaired) electrons. The summed E-state index contributed by atoms with van der Waals surface area (Å²) in [5.41, 5.74) is 1.78. The van der Waals surface area contributed by atoms with E-state index < -0.39 is 0 Å². The summed E-state index contributed by atoms with van der Waals surface area (Å²) in [6, 6.07) is 14.4. The molecule has 0 aromatic heterocycles. The first-order chi connectivity index (χ1) is 11.1. The average molecular weight is 311 g/mol. The number of hydroxylamine groups is 1. The smallest absolute Gasteiger partial charge is 0.182 e. The number of aromatic hydroxyl groups is 2. The van der Waals surface area contributed by atoms with Gasteiger partial charge in [-0.15, -0.1) is 0 Å². The lowest BCUT2D eigenvalue weighted by Crippen LogP contribution is -2.27. The van der Waals surface area contributed by atoms with Crippen molar-refractivity contribution in [3.63, 3.8) is 0 Å². The lowest BCUT2D eigenvalue weighted by atomic mass is 9.81. The van der Waals surface area contributed by atoms with Gasteiger partial charge in [0, 0.05) is 24.5 Å². The summed E-state index contributed by atoms with van der Waals surface area (Å²) in [6.07, 6.45) is 4.99. The number of rotatable bonds is 3. The third kappa shape index (κ3) is 3.65. The van der Waals surface area contributed by atoms with Crippen LogP contribution in [0, 0.1) is 5.21 Å². The minimum Gasteiger partial charge on any atom is -0.624 e. The molecule has 4 heteroatoms. The van der Waals surface area contributed by atoms with Gasteiger partial charge in [-0.05, 0) is 42.5 Å². The first-order valence-electron chi connectivity index (χ1n) is 8.01. The van der Waals surface area contributed by atoms with Crippen LogP contribution in [0.2, 0.25) is 0 Å². The molecule has 1 fully saturated rings. The van der Waals surface area contributed by atoms with Crippen molar-refractivity contribution in [2.45, 2.75) is 37.6 Å². The van der Waals surface area contributed by atoms with Crippen molar-refractivity contribution >= 4 is 6.21 Å². The van der Waals surface area contributed by atoms with Crippen molar-refractivity contribution in [3.05, 3.63) is 64.9 Å². The molecule has 4 nitrogen and oxygen atoms in total. The van der Waals surface area contributed by atoms with Crippen molar-refractivity contribution in [1.29, 1.82) is 0 Å². The maximum absolute atomic E-state index is 12.3. The molecule has 0 atom stereocenters. The van der Waals surface area contributed by atoms with Crippen LogP contribution in [0.4, 0.5) is 0 Å². The summed E-state index contributed by atoms with van der Waals surface area (Å²) >= 11 is 0. The topological polar surface area (TPSA) is 66.5 Å². The third-order valence-electron chi connectivity index (χ3n) is 4.59. The number of hydrogen-bond donors (Lipinski definition) is 2. The van der Waals surface area contributed by atoms with Gasteiger partial charge in [-0.2, -0.15) is 0 Å². The van der Waals surface area contributed by atoms with E-state index in [2.05, 4.69) is 0 Å². The molecule has 2 aromatic rings.